The number of nitrogens with zero attached hydrogens (tertiary/aromatic N) is 1. The lowest BCUT2D eigenvalue weighted by atomic mass is 10.2. The molecule has 9 heteroatoms. The number of halogens is 1. The lowest BCUT2D eigenvalue weighted by Gasteiger charge is -2.09. The summed E-state index contributed by atoms with van der Waals surface area (Å²) < 4.78 is 32.6. The minimum absolute atomic E-state index is 0.00991. The zero-order chi connectivity index (χ0) is 22.1. The summed E-state index contributed by atoms with van der Waals surface area (Å²) in [6, 6.07) is 17.3. The molecule has 0 atom stereocenters. The van der Waals surface area contributed by atoms with Gasteiger partial charge < -0.3 is 10.1 Å². The molecule has 0 saturated carbocycles. The predicted octanol–water partition coefficient (Wildman–Crippen LogP) is 3.30. The van der Waals surface area contributed by atoms with Gasteiger partial charge in [-0.3, -0.25) is 9.78 Å². The number of benzene rings is 2. The van der Waals surface area contributed by atoms with Gasteiger partial charge in [-0.2, -0.15) is 0 Å². The molecule has 1 amide bonds. The minimum atomic E-state index is -3.76. The van der Waals surface area contributed by atoms with Gasteiger partial charge in [-0.1, -0.05) is 41.9 Å². The van der Waals surface area contributed by atoms with Crippen molar-refractivity contribution in [2.24, 2.45) is 0 Å². The Balaban J connectivity index is 1.40. The maximum Gasteiger partial charge on any atom is 0.242 e. The zero-order valence-electron chi connectivity index (χ0n) is 16.6. The van der Waals surface area contributed by atoms with Crippen molar-refractivity contribution >= 4 is 27.5 Å². The zero-order valence-corrected chi connectivity index (χ0v) is 18.2. The lowest BCUT2D eigenvalue weighted by molar-refractivity contribution is -0.121. The molecule has 0 unspecified atom stereocenters. The number of amides is 1. The number of sulfonamides is 1. The molecular formula is C22H22ClN3O4S. The smallest absolute Gasteiger partial charge is 0.242 e. The van der Waals surface area contributed by atoms with E-state index in [1.807, 2.05) is 36.4 Å². The van der Waals surface area contributed by atoms with E-state index in [0.717, 1.165) is 11.1 Å². The van der Waals surface area contributed by atoms with Gasteiger partial charge in [0.25, 0.3) is 0 Å². The Morgan fingerprint density at radius 1 is 1.00 bits per heavy atom. The second-order valence-corrected chi connectivity index (χ2v) is 8.79. The van der Waals surface area contributed by atoms with Gasteiger partial charge in [-0.05, 0) is 35.9 Å². The second kappa shape index (κ2) is 10.9. The van der Waals surface area contributed by atoms with Crippen LogP contribution in [0.3, 0.4) is 0 Å². The molecule has 0 saturated heterocycles. The number of carbonyl (C=O) groups excluding carboxylic acids is 1. The first-order chi connectivity index (χ1) is 14.9. The highest BCUT2D eigenvalue weighted by Crippen LogP contribution is 2.20. The average Bonchev–Trinajstić information content (AvgIpc) is 2.78. The quantitative estimate of drug-likeness (QED) is 0.484. The summed E-state index contributed by atoms with van der Waals surface area (Å²) in [5.74, 6) is 0.451. The minimum Gasteiger partial charge on any atom is -0.489 e. The first-order valence-corrected chi connectivity index (χ1v) is 11.4. The molecule has 0 radical (unpaired) electrons. The summed E-state index contributed by atoms with van der Waals surface area (Å²) in [6.07, 6.45) is 3.47. The highest BCUT2D eigenvalue weighted by Gasteiger charge is 2.17. The van der Waals surface area contributed by atoms with Gasteiger partial charge in [0.1, 0.15) is 17.3 Å². The molecule has 1 aromatic heterocycles. The van der Waals surface area contributed by atoms with Crippen LogP contribution in [0, 0.1) is 0 Å². The van der Waals surface area contributed by atoms with Crippen molar-refractivity contribution in [3.05, 3.63) is 89.2 Å². The van der Waals surface area contributed by atoms with Gasteiger partial charge in [0.2, 0.25) is 15.9 Å². The molecule has 0 bridgehead atoms. The van der Waals surface area contributed by atoms with Gasteiger partial charge in [-0.15, -0.1) is 0 Å². The van der Waals surface area contributed by atoms with E-state index in [9.17, 15) is 13.2 Å². The average molecular weight is 460 g/mol. The normalized spacial score (nSPS) is 11.1. The molecule has 0 fully saturated rings. The van der Waals surface area contributed by atoms with Gasteiger partial charge in [-0.25, -0.2) is 13.1 Å². The number of pyridine rings is 1. The molecule has 0 spiro atoms. The Morgan fingerprint density at radius 3 is 2.48 bits per heavy atom. The van der Waals surface area contributed by atoms with Crippen molar-refractivity contribution in [1.29, 1.82) is 0 Å². The summed E-state index contributed by atoms with van der Waals surface area (Å²) in [7, 11) is -3.76. The van der Waals surface area contributed by atoms with Crippen LogP contribution in [0.25, 0.3) is 0 Å². The van der Waals surface area contributed by atoms with E-state index in [-0.39, 0.29) is 28.8 Å². The Hall–Kier alpha value is -2.94. The Morgan fingerprint density at radius 2 is 1.77 bits per heavy atom. The first kappa shape index (κ1) is 22.7. The van der Waals surface area contributed by atoms with Crippen LogP contribution in [0.1, 0.15) is 17.5 Å². The van der Waals surface area contributed by atoms with Gasteiger partial charge >= 0.3 is 0 Å². The number of hydrogen-bond donors (Lipinski definition) is 2. The van der Waals surface area contributed by atoms with E-state index in [0.29, 0.717) is 18.9 Å². The van der Waals surface area contributed by atoms with Crippen molar-refractivity contribution in [2.45, 2.75) is 24.5 Å². The molecule has 1 heterocycles. The third-order valence-corrected chi connectivity index (χ3v) is 6.27. The fraction of sp³-hybridized carbons (Fsp3) is 0.182. The number of nitrogens with one attached hydrogen (secondary N) is 2. The van der Waals surface area contributed by atoms with Crippen molar-refractivity contribution in [2.75, 3.05) is 6.54 Å². The molecule has 2 aromatic carbocycles. The summed E-state index contributed by atoms with van der Waals surface area (Å²) in [6.45, 7) is 0.730. The number of aromatic nitrogens is 1. The van der Waals surface area contributed by atoms with Crippen LogP contribution < -0.4 is 14.8 Å². The number of hydrogen-bond acceptors (Lipinski definition) is 5. The fourth-order valence-corrected chi connectivity index (χ4v) is 4.23. The van der Waals surface area contributed by atoms with Crippen LogP contribution >= 0.6 is 11.6 Å². The van der Waals surface area contributed by atoms with Crippen molar-refractivity contribution in [3.8, 4) is 5.75 Å². The lowest BCUT2D eigenvalue weighted by Crippen LogP contribution is -2.30. The predicted molar refractivity (Wildman–Crippen MR) is 118 cm³/mol. The Bertz CT molecular complexity index is 1110. The van der Waals surface area contributed by atoms with E-state index in [1.54, 1.807) is 24.5 Å². The van der Waals surface area contributed by atoms with Crippen LogP contribution in [-0.4, -0.2) is 25.9 Å². The highest BCUT2D eigenvalue weighted by molar-refractivity contribution is 7.89. The SMILES string of the molecule is O=C(CCNS(=O)(=O)c1ccccc1Cl)NCc1ccc(OCc2cccnc2)cc1. The van der Waals surface area contributed by atoms with Gasteiger partial charge in [0.15, 0.2) is 0 Å². The van der Waals surface area contributed by atoms with Gasteiger partial charge in [0.05, 0.1) is 5.02 Å². The Kier molecular flexibility index (Phi) is 8.00. The van der Waals surface area contributed by atoms with Crippen LogP contribution in [0.4, 0.5) is 0 Å². The van der Waals surface area contributed by atoms with Crippen molar-refractivity contribution in [1.82, 2.24) is 15.0 Å². The molecule has 0 aliphatic carbocycles. The van der Waals surface area contributed by atoms with Crippen LogP contribution in [0.5, 0.6) is 5.75 Å². The third kappa shape index (κ3) is 7.06. The second-order valence-electron chi connectivity index (χ2n) is 6.65. The van der Waals surface area contributed by atoms with Crippen LogP contribution in [-0.2, 0) is 28.0 Å². The number of carbonyl (C=O) groups is 1. The summed E-state index contributed by atoms with van der Waals surface area (Å²) in [5.41, 5.74) is 1.88. The van der Waals surface area contributed by atoms with Crippen molar-refractivity contribution in [3.63, 3.8) is 0 Å². The monoisotopic (exact) mass is 459 g/mol. The van der Waals surface area contributed by atoms with E-state index >= 15 is 0 Å². The van der Waals surface area contributed by atoms with Crippen molar-refractivity contribution < 1.29 is 17.9 Å². The molecule has 0 aliphatic heterocycles. The highest BCUT2D eigenvalue weighted by atomic mass is 35.5. The molecule has 3 aromatic rings. The Labute approximate surface area is 186 Å². The number of rotatable bonds is 10. The molecule has 162 valence electrons. The summed E-state index contributed by atoms with van der Waals surface area (Å²) in [5, 5.41) is 2.90. The van der Waals surface area contributed by atoms with E-state index < -0.39 is 10.0 Å². The molecule has 7 nitrogen and oxygen atoms in total. The molecule has 31 heavy (non-hydrogen) atoms. The topological polar surface area (TPSA) is 97.4 Å². The van der Waals surface area contributed by atoms with Crippen LogP contribution in [0.2, 0.25) is 5.02 Å². The fourth-order valence-electron chi connectivity index (χ4n) is 2.68. The molecule has 0 aliphatic rings. The summed E-state index contributed by atoms with van der Waals surface area (Å²) in [4.78, 5) is 16.1. The van der Waals surface area contributed by atoms with Crippen LogP contribution in [0.15, 0.2) is 78.0 Å². The van der Waals surface area contributed by atoms with Gasteiger partial charge in [0, 0.05) is 37.5 Å². The first-order valence-electron chi connectivity index (χ1n) is 9.55. The standard InChI is InChI=1S/C22H22ClN3O4S/c23-20-5-1-2-6-21(20)31(28,29)26-13-11-22(27)25-15-17-7-9-19(10-8-17)30-16-18-4-3-12-24-14-18/h1-10,12,14,26H,11,13,15-16H2,(H,25,27). The largest absolute Gasteiger partial charge is 0.489 e. The van der Waals surface area contributed by atoms with E-state index in [4.69, 9.17) is 16.3 Å². The maximum atomic E-state index is 12.2. The van der Waals surface area contributed by atoms with E-state index in [2.05, 4.69) is 15.0 Å². The molecule has 3 rings (SSSR count). The maximum absolute atomic E-state index is 12.2. The third-order valence-electron chi connectivity index (χ3n) is 4.31. The number of ether oxygens (including phenoxy) is 1. The van der Waals surface area contributed by atoms with E-state index in [1.165, 1.54) is 12.1 Å². The molecule has 2 N–H and O–H groups in total. The summed E-state index contributed by atoms with van der Waals surface area (Å²) >= 11 is 5.92. The molecular weight excluding hydrogens is 438 g/mol.